The van der Waals surface area contributed by atoms with Crippen LogP contribution in [-0.2, 0) is 10.9 Å². The van der Waals surface area contributed by atoms with Crippen LogP contribution < -0.4 is 4.90 Å². The molecule has 2 heterocycles. The Morgan fingerprint density at radius 2 is 1.76 bits per heavy atom. The predicted octanol–water partition coefficient (Wildman–Crippen LogP) is 4.68. The van der Waals surface area contributed by atoms with Crippen LogP contribution >= 0.6 is 23.2 Å². The molecule has 0 spiro atoms. The minimum absolute atomic E-state index is 0.115. The zero-order valence-electron chi connectivity index (χ0n) is 17.8. The van der Waals surface area contributed by atoms with Gasteiger partial charge in [0.1, 0.15) is 0 Å². The summed E-state index contributed by atoms with van der Waals surface area (Å²) in [4.78, 5) is 18.8. The zero-order chi connectivity index (χ0) is 23.6. The first kappa shape index (κ1) is 24.1. The highest BCUT2D eigenvalue weighted by atomic mass is 35.5. The number of anilines is 1. The van der Waals surface area contributed by atoms with Crippen molar-refractivity contribution in [3.05, 3.63) is 63.6 Å². The lowest BCUT2D eigenvalue weighted by atomic mass is 10.1. The third-order valence-electron chi connectivity index (χ3n) is 5.97. The fourth-order valence-corrected chi connectivity index (χ4v) is 4.48. The molecule has 4 rings (SSSR count). The summed E-state index contributed by atoms with van der Waals surface area (Å²) in [6.45, 7) is 4.73. The Morgan fingerprint density at radius 1 is 1.00 bits per heavy atom. The van der Waals surface area contributed by atoms with E-state index in [1.54, 1.807) is 29.2 Å². The Labute approximate surface area is 200 Å². The molecule has 33 heavy (non-hydrogen) atoms. The molecule has 2 aliphatic heterocycles. The van der Waals surface area contributed by atoms with Crippen molar-refractivity contribution < 1.29 is 22.7 Å². The molecule has 1 atom stereocenters. The highest BCUT2D eigenvalue weighted by Crippen LogP contribution is 2.32. The fraction of sp³-hybridized carbons (Fsp3) is 0.435. The smallest absolute Gasteiger partial charge is 0.373 e. The van der Waals surface area contributed by atoms with Gasteiger partial charge in [-0.05, 0) is 36.4 Å². The summed E-state index contributed by atoms with van der Waals surface area (Å²) in [5.74, 6) is -0.115. The van der Waals surface area contributed by atoms with Crippen LogP contribution in [0.1, 0.15) is 15.9 Å². The second kappa shape index (κ2) is 10.1. The van der Waals surface area contributed by atoms with Gasteiger partial charge in [-0.1, -0.05) is 29.3 Å². The van der Waals surface area contributed by atoms with E-state index in [2.05, 4.69) is 4.90 Å². The van der Waals surface area contributed by atoms with Crippen LogP contribution in [0, 0.1) is 0 Å². The average Bonchev–Trinajstić information content (AvgIpc) is 2.80. The summed E-state index contributed by atoms with van der Waals surface area (Å²) < 4.78 is 44.9. The van der Waals surface area contributed by atoms with Crippen molar-refractivity contribution in [3.8, 4) is 0 Å². The molecule has 2 aliphatic rings. The number of ether oxygens (including phenoxy) is 1. The second-order valence-corrected chi connectivity index (χ2v) is 9.02. The van der Waals surface area contributed by atoms with Gasteiger partial charge in [0.2, 0.25) is 0 Å². The molecule has 178 valence electrons. The van der Waals surface area contributed by atoms with Crippen LogP contribution in [-0.4, -0.2) is 74.2 Å². The van der Waals surface area contributed by atoms with Crippen molar-refractivity contribution >= 4 is 34.8 Å². The van der Waals surface area contributed by atoms with E-state index in [4.69, 9.17) is 27.9 Å². The molecule has 0 unspecified atom stereocenters. The number of hydrogen-bond donors (Lipinski definition) is 0. The Hall–Kier alpha value is -2.00. The number of halogens is 5. The molecule has 1 amide bonds. The van der Waals surface area contributed by atoms with Gasteiger partial charge in [-0.2, -0.15) is 13.2 Å². The van der Waals surface area contributed by atoms with Crippen molar-refractivity contribution in [3.63, 3.8) is 0 Å². The largest absolute Gasteiger partial charge is 0.416 e. The van der Waals surface area contributed by atoms with Crippen LogP contribution in [0.25, 0.3) is 0 Å². The normalized spacial score (nSPS) is 20.2. The first-order valence-corrected chi connectivity index (χ1v) is 11.5. The van der Waals surface area contributed by atoms with Crippen LogP contribution in [0.15, 0.2) is 42.5 Å². The van der Waals surface area contributed by atoms with E-state index in [9.17, 15) is 18.0 Å². The molecule has 2 aromatic carbocycles. The number of amides is 1. The molecule has 0 aromatic heterocycles. The summed E-state index contributed by atoms with van der Waals surface area (Å²) >= 11 is 12.0. The first-order valence-electron chi connectivity index (χ1n) is 10.7. The molecule has 2 aromatic rings. The fourth-order valence-electron chi connectivity index (χ4n) is 4.18. The van der Waals surface area contributed by atoms with Crippen LogP contribution in [0.5, 0.6) is 0 Å². The standard InChI is InChI=1S/C23H24Cl2F3N3O2/c24-20-5-4-16(12-21(20)25)22(32)31-10-11-33-19(15-31)14-29-6-8-30(9-7-29)18-3-1-2-17(13-18)23(26,27)28/h1-5,12-13,19H,6-11,14-15H2/t19-/m0/s1. The molecule has 5 nitrogen and oxygen atoms in total. The quantitative estimate of drug-likeness (QED) is 0.609. The monoisotopic (exact) mass is 501 g/mol. The molecule has 0 N–H and O–H groups in total. The minimum Gasteiger partial charge on any atom is -0.373 e. The van der Waals surface area contributed by atoms with Crippen LogP contribution in [0.2, 0.25) is 10.0 Å². The molecule has 2 fully saturated rings. The second-order valence-electron chi connectivity index (χ2n) is 8.21. The number of alkyl halides is 3. The third-order valence-corrected chi connectivity index (χ3v) is 6.70. The van der Waals surface area contributed by atoms with E-state index in [1.807, 2.05) is 4.90 Å². The Kier molecular flexibility index (Phi) is 7.38. The lowest BCUT2D eigenvalue weighted by molar-refractivity contribution is -0.137. The van der Waals surface area contributed by atoms with Crippen molar-refractivity contribution in [2.24, 2.45) is 0 Å². The molecule has 2 saturated heterocycles. The molecule has 0 saturated carbocycles. The molecular formula is C23H24Cl2F3N3O2. The van der Waals surface area contributed by atoms with Gasteiger partial charge in [0, 0.05) is 57.1 Å². The predicted molar refractivity (Wildman–Crippen MR) is 122 cm³/mol. The van der Waals surface area contributed by atoms with Crippen molar-refractivity contribution in [1.29, 1.82) is 0 Å². The van der Waals surface area contributed by atoms with Gasteiger partial charge in [0.05, 0.1) is 28.3 Å². The van der Waals surface area contributed by atoms with Crippen LogP contribution in [0.3, 0.4) is 0 Å². The van der Waals surface area contributed by atoms with Gasteiger partial charge in [0.15, 0.2) is 0 Å². The Morgan fingerprint density at radius 3 is 2.45 bits per heavy atom. The van der Waals surface area contributed by atoms with Crippen LogP contribution in [0.4, 0.5) is 18.9 Å². The Bertz CT molecular complexity index is 997. The van der Waals surface area contributed by atoms with E-state index in [1.165, 1.54) is 12.1 Å². The van der Waals surface area contributed by atoms with Gasteiger partial charge < -0.3 is 14.5 Å². The number of hydrogen-bond acceptors (Lipinski definition) is 4. The van der Waals surface area contributed by atoms with E-state index >= 15 is 0 Å². The maximum Gasteiger partial charge on any atom is 0.416 e. The molecule has 10 heteroatoms. The van der Waals surface area contributed by atoms with Crippen molar-refractivity contribution in [2.45, 2.75) is 12.3 Å². The number of carbonyl (C=O) groups excluding carboxylic acids is 1. The zero-order valence-corrected chi connectivity index (χ0v) is 19.3. The maximum absolute atomic E-state index is 13.0. The number of benzene rings is 2. The highest BCUT2D eigenvalue weighted by molar-refractivity contribution is 6.42. The maximum atomic E-state index is 13.0. The van der Waals surface area contributed by atoms with E-state index in [0.717, 1.165) is 6.07 Å². The number of morpholine rings is 1. The van der Waals surface area contributed by atoms with Gasteiger partial charge in [-0.15, -0.1) is 0 Å². The summed E-state index contributed by atoms with van der Waals surface area (Å²) in [6.07, 6.45) is -4.48. The van der Waals surface area contributed by atoms with Gasteiger partial charge >= 0.3 is 6.18 Å². The molecular weight excluding hydrogens is 478 g/mol. The lowest BCUT2D eigenvalue weighted by Gasteiger charge is -2.40. The molecule has 0 bridgehead atoms. The SMILES string of the molecule is O=C(c1ccc(Cl)c(Cl)c1)N1CCO[C@@H](CN2CCN(c3cccc(C(F)(F)F)c3)CC2)C1. The summed E-state index contributed by atoms with van der Waals surface area (Å²) in [6, 6.07) is 10.3. The van der Waals surface area contributed by atoms with Crippen molar-refractivity contribution in [2.75, 3.05) is 57.3 Å². The van der Waals surface area contributed by atoms with E-state index < -0.39 is 11.7 Å². The highest BCUT2D eigenvalue weighted by Gasteiger charge is 2.32. The Balaban J connectivity index is 1.30. The number of carbonyl (C=O) groups is 1. The summed E-state index contributed by atoms with van der Waals surface area (Å²) in [7, 11) is 0. The molecule has 0 radical (unpaired) electrons. The summed E-state index contributed by atoms with van der Waals surface area (Å²) in [5.41, 5.74) is 0.432. The summed E-state index contributed by atoms with van der Waals surface area (Å²) in [5, 5.41) is 0.739. The number of piperazine rings is 1. The lowest BCUT2D eigenvalue weighted by Crippen LogP contribution is -2.53. The van der Waals surface area contributed by atoms with E-state index in [0.29, 0.717) is 73.7 Å². The van der Waals surface area contributed by atoms with E-state index in [-0.39, 0.29) is 12.0 Å². The minimum atomic E-state index is -4.35. The van der Waals surface area contributed by atoms with Gasteiger partial charge in [-0.3, -0.25) is 9.69 Å². The number of rotatable bonds is 4. The molecule has 0 aliphatic carbocycles. The van der Waals surface area contributed by atoms with Gasteiger partial charge in [0.25, 0.3) is 5.91 Å². The first-order chi connectivity index (χ1) is 15.7. The number of nitrogens with zero attached hydrogens (tertiary/aromatic N) is 3. The van der Waals surface area contributed by atoms with Crippen molar-refractivity contribution in [1.82, 2.24) is 9.80 Å². The third kappa shape index (κ3) is 5.93. The van der Waals surface area contributed by atoms with Gasteiger partial charge in [-0.25, -0.2) is 0 Å². The average molecular weight is 502 g/mol. The topological polar surface area (TPSA) is 36.0 Å².